The van der Waals surface area contributed by atoms with Crippen LogP contribution >= 0.6 is 0 Å². The molecule has 1 aliphatic rings. The molecule has 0 aliphatic carbocycles. The molecule has 1 aliphatic heterocycles. The summed E-state index contributed by atoms with van der Waals surface area (Å²) < 4.78 is 23.5. The topological polar surface area (TPSA) is 64.6 Å². The number of rotatable bonds is 7. The van der Waals surface area contributed by atoms with E-state index in [0.717, 1.165) is 40.3 Å². The van der Waals surface area contributed by atoms with E-state index in [1.54, 1.807) is 0 Å². The van der Waals surface area contributed by atoms with Gasteiger partial charge in [0.25, 0.3) is 0 Å². The number of carbonyl (C=O) groups excluding carboxylic acids is 1. The Morgan fingerprint density at radius 1 is 1.15 bits per heavy atom. The van der Waals surface area contributed by atoms with Gasteiger partial charge in [0.1, 0.15) is 11.4 Å². The molecule has 0 saturated carbocycles. The lowest BCUT2D eigenvalue weighted by Gasteiger charge is -2.33. The first-order chi connectivity index (χ1) is 12.9. The number of fused-ring (bicyclic) bond motifs is 1. The van der Waals surface area contributed by atoms with E-state index in [1.165, 1.54) is 0 Å². The van der Waals surface area contributed by atoms with E-state index in [4.69, 9.17) is 9.47 Å². The number of unbranched alkanes of at least 4 members (excludes halogenated alkanes) is 1. The van der Waals surface area contributed by atoms with E-state index in [0.29, 0.717) is 12.4 Å². The van der Waals surface area contributed by atoms with Gasteiger partial charge in [0.05, 0.1) is 23.1 Å². The fourth-order valence-corrected chi connectivity index (χ4v) is 4.27. The van der Waals surface area contributed by atoms with Crippen molar-refractivity contribution in [3.8, 4) is 5.75 Å². The van der Waals surface area contributed by atoms with Gasteiger partial charge >= 0.3 is 6.09 Å². The first-order valence-electron chi connectivity index (χ1n) is 9.08. The number of hydrogen-bond donors (Lipinski definition) is 1. The minimum absolute atomic E-state index is 0.435. The summed E-state index contributed by atoms with van der Waals surface area (Å²) >= 11 is 0. The van der Waals surface area contributed by atoms with E-state index < -0.39 is 22.5 Å². The molecule has 1 heterocycles. The minimum Gasteiger partial charge on any atom is -0.494 e. The summed E-state index contributed by atoms with van der Waals surface area (Å²) in [5, 5.41) is 2.76. The molecule has 144 valence electrons. The maximum atomic E-state index is 12.2. The molecule has 1 unspecified atom stereocenters. The Labute approximate surface area is 162 Å². The first kappa shape index (κ1) is 19.4. The third kappa shape index (κ3) is 4.69. The standard InChI is InChI=1S/C21H25NO4S/c1-15-13-16(14-18-19(15)22-20(23)26-21(18,2)3)25-11-7-8-12-27(24)17-9-5-4-6-10-17/h4-6,9-10,13-14H,7-8,11-12H2,1-3H3,(H,22,23). The smallest absolute Gasteiger partial charge is 0.412 e. The van der Waals surface area contributed by atoms with Crippen LogP contribution in [0.4, 0.5) is 10.5 Å². The van der Waals surface area contributed by atoms with Crippen molar-refractivity contribution >= 4 is 22.6 Å². The lowest BCUT2D eigenvalue weighted by Crippen LogP contribution is -2.35. The van der Waals surface area contributed by atoms with Crippen LogP contribution in [0, 0.1) is 6.92 Å². The molecule has 0 aromatic heterocycles. The number of anilines is 1. The maximum absolute atomic E-state index is 12.2. The molecule has 2 aromatic carbocycles. The highest BCUT2D eigenvalue weighted by atomic mass is 32.2. The molecule has 0 bridgehead atoms. The second-order valence-electron chi connectivity index (χ2n) is 7.11. The van der Waals surface area contributed by atoms with E-state index in [-0.39, 0.29) is 0 Å². The van der Waals surface area contributed by atoms with Crippen LogP contribution in [0.2, 0.25) is 0 Å². The fraction of sp³-hybridized carbons (Fsp3) is 0.381. The van der Waals surface area contributed by atoms with Gasteiger partial charge in [-0.3, -0.25) is 9.53 Å². The van der Waals surface area contributed by atoms with Crippen LogP contribution < -0.4 is 10.1 Å². The molecule has 0 spiro atoms. The monoisotopic (exact) mass is 387 g/mol. The number of hydrogen-bond acceptors (Lipinski definition) is 4. The number of cyclic esters (lactones) is 1. The fourth-order valence-electron chi connectivity index (χ4n) is 3.11. The van der Waals surface area contributed by atoms with Gasteiger partial charge in [-0.05, 0) is 63.4 Å². The molecule has 27 heavy (non-hydrogen) atoms. The van der Waals surface area contributed by atoms with Crippen molar-refractivity contribution in [2.75, 3.05) is 17.7 Å². The minimum atomic E-state index is -0.963. The van der Waals surface area contributed by atoms with Gasteiger partial charge in [-0.2, -0.15) is 0 Å². The summed E-state index contributed by atoms with van der Waals surface area (Å²) in [7, 11) is -0.963. The van der Waals surface area contributed by atoms with Gasteiger partial charge < -0.3 is 9.47 Å². The van der Waals surface area contributed by atoms with Crippen LogP contribution in [0.3, 0.4) is 0 Å². The summed E-state index contributed by atoms with van der Waals surface area (Å²) in [5.41, 5.74) is 1.94. The Balaban J connectivity index is 1.54. The van der Waals surface area contributed by atoms with E-state index in [9.17, 15) is 9.00 Å². The van der Waals surface area contributed by atoms with Crippen LogP contribution in [-0.2, 0) is 21.1 Å². The molecule has 1 N–H and O–H groups in total. The van der Waals surface area contributed by atoms with E-state index in [2.05, 4.69) is 5.32 Å². The number of ether oxygens (including phenoxy) is 2. The van der Waals surface area contributed by atoms with Gasteiger partial charge in [-0.15, -0.1) is 0 Å². The average molecular weight is 388 g/mol. The van der Waals surface area contributed by atoms with Crippen molar-refractivity contribution in [3.05, 3.63) is 53.6 Å². The van der Waals surface area contributed by atoms with Crippen molar-refractivity contribution in [1.29, 1.82) is 0 Å². The highest BCUT2D eigenvalue weighted by Gasteiger charge is 2.34. The summed E-state index contributed by atoms with van der Waals surface area (Å²) in [5.74, 6) is 1.38. The number of benzene rings is 2. The predicted octanol–water partition coefficient (Wildman–Crippen LogP) is 4.76. The first-order valence-corrected chi connectivity index (χ1v) is 10.4. The van der Waals surface area contributed by atoms with Gasteiger partial charge in [-0.25, -0.2) is 4.79 Å². The third-order valence-electron chi connectivity index (χ3n) is 4.53. The Bertz CT molecular complexity index is 849. The molecule has 2 aromatic rings. The van der Waals surface area contributed by atoms with Crippen LogP contribution in [0.15, 0.2) is 47.4 Å². The molecule has 5 nitrogen and oxygen atoms in total. The Hall–Kier alpha value is -2.34. The van der Waals surface area contributed by atoms with Gasteiger partial charge in [0, 0.05) is 16.2 Å². The van der Waals surface area contributed by atoms with Crippen molar-refractivity contribution in [3.63, 3.8) is 0 Å². The summed E-state index contributed by atoms with van der Waals surface area (Å²) in [6.45, 7) is 6.23. The second-order valence-corrected chi connectivity index (χ2v) is 8.68. The lowest BCUT2D eigenvalue weighted by molar-refractivity contribution is 0.0417. The molecule has 3 rings (SSSR count). The number of carbonyl (C=O) groups is 1. The number of amides is 1. The van der Waals surface area contributed by atoms with Crippen molar-refractivity contribution in [2.24, 2.45) is 0 Å². The lowest BCUT2D eigenvalue weighted by atomic mass is 9.92. The normalized spacial score (nSPS) is 16.0. The molecule has 0 radical (unpaired) electrons. The Kier molecular flexibility index (Phi) is 5.85. The van der Waals surface area contributed by atoms with E-state index in [1.807, 2.05) is 63.2 Å². The summed E-state index contributed by atoms with van der Waals surface area (Å²) in [4.78, 5) is 12.6. The highest BCUT2D eigenvalue weighted by molar-refractivity contribution is 7.85. The van der Waals surface area contributed by atoms with Crippen LogP contribution in [-0.4, -0.2) is 22.7 Å². The van der Waals surface area contributed by atoms with Crippen molar-refractivity contribution in [1.82, 2.24) is 0 Å². The van der Waals surface area contributed by atoms with Crippen molar-refractivity contribution < 1.29 is 18.5 Å². The highest BCUT2D eigenvalue weighted by Crippen LogP contribution is 2.39. The Morgan fingerprint density at radius 3 is 2.63 bits per heavy atom. The van der Waals surface area contributed by atoms with Crippen LogP contribution in [0.5, 0.6) is 5.75 Å². The maximum Gasteiger partial charge on any atom is 0.412 e. The SMILES string of the molecule is Cc1cc(OCCCCS(=O)c2ccccc2)cc2c1NC(=O)OC2(C)C. The van der Waals surface area contributed by atoms with Gasteiger partial charge in [0.15, 0.2) is 0 Å². The molecule has 1 amide bonds. The predicted molar refractivity (Wildman–Crippen MR) is 107 cm³/mol. The quantitative estimate of drug-likeness (QED) is 0.696. The van der Waals surface area contributed by atoms with Crippen LogP contribution in [0.25, 0.3) is 0 Å². The van der Waals surface area contributed by atoms with Crippen molar-refractivity contribution in [2.45, 2.75) is 44.1 Å². The molecule has 0 saturated heterocycles. The molecule has 0 fully saturated rings. The third-order valence-corrected chi connectivity index (χ3v) is 5.99. The molecular weight excluding hydrogens is 362 g/mol. The largest absolute Gasteiger partial charge is 0.494 e. The molecular formula is C21H25NO4S. The zero-order valence-corrected chi connectivity index (χ0v) is 16.7. The summed E-state index contributed by atoms with van der Waals surface area (Å²) in [6, 6.07) is 13.4. The molecule has 1 atom stereocenters. The number of aryl methyl sites for hydroxylation is 1. The summed E-state index contributed by atoms with van der Waals surface area (Å²) in [6.07, 6.45) is 1.22. The second kappa shape index (κ2) is 8.13. The molecule has 6 heteroatoms. The zero-order valence-electron chi connectivity index (χ0n) is 15.9. The Morgan fingerprint density at radius 2 is 1.89 bits per heavy atom. The van der Waals surface area contributed by atoms with Gasteiger partial charge in [0.2, 0.25) is 0 Å². The van der Waals surface area contributed by atoms with Gasteiger partial charge in [-0.1, -0.05) is 18.2 Å². The van der Waals surface area contributed by atoms with Crippen LogP contribution in [0.1, 0.15) is 37.8 Å². The number of nitrogens with one attached hydrogen (secondary N) is 1. The van der Waals surface area contributed by atoms with E-state index >= 15 is 0 Å². The average Bonchev–Trinajstić information content (AvgIpc) is 2.62. The zero-order chi connectivity index (χ0) is 19.4.